The third-order valence-electron chi connectivity index (χ3n) is 2.55. The molecular weight excluding hydrogens is 194 g/mol. The highest BCUT2D eigenvalue weighted by Crippen LogP contribution is 2.38. The lowest BCUT2D eigenvalue weighted by Gasteiger charge is -1.94. The standard InChI is InChI=1S/C10H9N3O2/c14-10(15)7-2-1-5-13-9(7)11-8(12-13)6-3-4-6/h1-2,5-6H,3-4H2,(H,14,15). The highest BCUT2D eigenvalue weighted by molar-refractivity contribution is 5.94. The van der Waals surface area contributed by atoms with Crippen LogP contribution in [0.5, 0.6) is 0 Å². The van der Waals surface area contributed by atoms with Gasteiger partial charge in [0.05, 0.1) is 0 Å². The van der Waals surface area contributed by atoms with Crippen LogP contribution in [0.4, 0.5) is 0 Å². The van der Waals surface area contributed by atoms with Crippen molar-refractivity contribution < 1.29 is 9.90 Å². The predicted molar refractivity (Wildman–Crippen MR) is 51.9 cm³/mol. The number of carbonyl (C=O) groups is 1. The number of nitrogens with zero attached hydrogens (tertiary/aromatic N) is 3. The lowest BCUT2D eigenvalue weighted by atomic mass is 10.3. The molecule has 0 unspecified atom stereocenters. The van der Waals surface area contributed by atoms with Crippen LogP contribution in [-0.2, 0) is 0 Å². The highest BCUT2D eigenvalue weighted by atomic mass is 16.4. The van der Waals surface area contributed by atoms with E-state index in [4.69, 9.17) is 5.11 Å². The maximum Gasteiger partial charge on any atom is 0.339 e. The minimum absolute atomic E-state index is 0.205. The second-order valence-electron chi connectivity index (χ2n) is 3.74. The van der Waals surface area contributed by atoms with Gasteiger partial charge in [-0.05, 0) is 25.0 Å². The maximum absolute atomic E-state index is 10.9. The van der Waals surface area contributed by atoms with E-state index in [2.05, 4.69) is 10.1 Å². The van der Waals surface area contributed by atoms with Gasteiger partial charge >= 0.3 is 5.97 Å². The van der Waals surface area contributed by atoms with Crippen LogP contribution >= 0.6 is 0 Å². The van der Waals surface area contributed by atoms with Crippen molar-refractivity contribution >= 4 is 11.6 Å². The highest BCUT2D eigenvalue weighted by Gasteiger charge is 2.28. The van der Waals surface area contributed by atoms with E-state index in [-0.39, 0.29) is 5.56 Å². The number of carboxylic acid groups (broad SMARTS) is 1. The molecule has 2 heterocycles. The number of hydrogen-bond acceptors (Lipinski definition) is 3. The normalized spacial score (nSPS) is 15.7. The van der Waals surface area contributed by atoms with Crippen molar-refractivity contribution in [2.75, 3.05) is 0 Å². The summed E-state index contributed by atoms with van der Waals surface area (Å²) in [6, 6.07) is 3.21. The Bertz CT molecular complexity index is 543. The Balaban J connectivity index is 2.23. The van der Waals surface area contributed by atoms with Crippen molar-refractivity contribution in [2.45, 2.75) is 18.8 Å². The molecule has 5 nitrogen and oxygen atoms in total. The van der Waals surface area contributed by atoms with E-state index >= 15 is 0 Å². The largest absolute Gasteiger partial charge is 0.478 e. The van der Waals surface area contributed by atoms with Gasteiger partial charge in [0.25, 0.3) is 0 Å². The number of pyridine rings is 1. The molecule has 2 aromatic heterocycles. The second-order valence-corrected chi connectivity index (χ2v) is 3.74. The Morgan fingerprint density at radius 3 is 3.00 bits per heavy atom. The summed E-state index contributed by atoms with van der Waals surface area (Å²) >= 11 is 0. The summed E-state index contributed by atoms with van der Waals surface area (Å²) in [5.74, 6) is 0.241. The third-order valence-corrected chi connectivity index (χ3v) is 2.55. The van der Waals surface area contributed by atoms with Crippen LogP contribution in [0.2, 0.25) is 0 Å². The van der Waals surface area contributed by atoms with Gasteiger partial charge in [0.2, 0.25) is 0 Å². The zero-order valence-corrected chi connectivity index (χ0v) is 7.92. The summed E-state index contributed by atoms with van der Waals surface area (Å²) in [5.41, 5.74) is 0.642. The quantitative estimate of drug-likeness (QED) is 0.798. The van der Waals surface area contributed by atoms with Crippen LogP contribution in [0.1, 0.15) is 34.9 Å². The lowest BCUT2D eigenvalue weighted by Crippen LogP contribution is -2.00. The molecule has 0 aromatic carbocycles. The van der Waals surface area contributed by atoms with Crippen molar-refractivity contribution in [3.63, 3.8) is 0 Å². The predicted octanol–water partition coefficient (Wildman–Crippen LogP) is 1.30. The molecule has 0 bridgehead atoms. The van der Waals surface area contributed by atoms with Crippen molar-refractivity contribution in [3.8, 4) is 0 Å². The molecule has 2 aromatic rings. The van der Waals surface area contributed by atoms with Crippen LogP contribution in [0.15, 0.2) is 18.3 Å². The van der Waals surface area contributed by atoms with Crippen LogP contribution in [-0.4, -0.2) is 25.7 Å². The fourth-order valence-corrected chi connectivity index (χ4v) is 1.60. The summed E-state index contributed by atoms with van der Waals surface area (Å²) < 4.78 is 1.54. The summed E-state index contributed by atoms with van der Waals surface area (Å²) in [7, 11) is 0. The van der Waals surface area contributed by atoms with Gasteiger partial charge in [-0.15, -0.1) is 0 Å². The Kier molecular flexibility index (Phi) is 1.56. The topological polar surface area (TPSA) is 67.5 Å². The molecule has 1 N–H and O–H groups in total. The first-order valence-corrected chi connectivity index (χ1v) is 4.84. The molecule has 0 radical (unpaired) electrons. The summed E-state index contributed by atoms with van der Waals surface area (Å²) in [5, 5.41) is 13.2. The van der Waals surface area contributed by atoms with E-state index in [1.54, 1.807) is 18.3 Å². The first-order chi connectivity index (χ1) is 7.25. The maximum atomic E-state index is 10.9. The van der Waals surface area contributed by atoms with E-state index in [0.717, 1.165) is 18.7 Å². The summed E-state index contributed by atoms with van der Waals surface area (Å²) in [6.07, 6.45) is 3.94. The second kappa shape index (κ2) is 2.79. The third kappa shape index (κ3) is 1.27. The molecule has 76 valence electrons. The zero-order valence-electron chi connectivity index (χ0n) is 7.92. The smallest absolute Gasteiger partial charge is 0.339 e. The zero-order chi connectivity index (χ0) is 10.4. The van der Waals surface area contributed by atoms with Crippen molar-refractivity contribution in [3.05, 3.63) is 29.7 Å². The van der Waals surface area contributed by atoms with Gasteiger partial charge in [0.1, 0.15) is 5.56 Å². The van der Waals surface area contributed by atoms with Gasteiger partial charge in [-0.25, -0.2) is 14.3 Å². The number of hydrogen-bond donors (Lipinski definition) is 1. The van der Waals surface area contributed by atoms with E-state index < -0.39 is 5.97 Å². The summed E-state index contributed by atoms with van der Waals surface area (Å²) in [4.78, 5) is 15.2. The molecule has 3 rings (SSSR count). The van der Waals surface area contributed by atoms with Gasteiger partial charge < -0.3 is 5.11 Å². The molecule has 15 heavy (non-hydrogen) atoms. The molecule has 0 aliphatic heterocycles. The molecular formula is C10H9N3O2. The van der Waals surface area contributed by atoms with Crippen molar-refractivity contribution in [1.82, 2.24) is 14.6 Å². The van der Waals surface area contributed by atoms with Crippen LogP contribution in [0.3, 0.4) is 0 Å². The molecule has 1 aliphatic carbocycles. The number of fused-ring (bicyclic) bond motifs is 1. The van der Waals surface area contributed by atoms with Crippen LogP contribution < -0.4 is 0 Å². The number of aromatic carboxylic acids is 1. The lowest BCUT2D eigenvalue weighted by molar-refractivity contribution is 0.0698. The SMILES string of the molecule is O=C(O)c1cccn2nc(C3CC3)nc12. The fraction of sp³-hybridized carbons (Fsp3) is 0.300. The van der Waals surface area contributed by atoms with Gasteiger partial charge in [-0.3, -0.25) is 0 Å². The van der Waals surface area contributed by atoms with Crippen LogP contribution in [0, 0.1) is 0 Å². The average Bonchev–Trinajstić information content (AvgIpc) is 2.96. The van der Waals surface area contributed by atoms with Gasteiger partial charge in [0, 0.05) is 12.1 Å². The van der Waals surface area contributed by atoms with Gasteiger partial charge in [0.15, 0.2) is 11.5 Å². The average molecular weight is 203 g/mol. The Morgan fingerprint density at radius 2 is 2.33 bits per heavy atom. The number of aromatic nitrogens is 3. The minimum atomic E-state index is -0.963. The monoisotopic (exact) mass is 203 g/mol. The molecule has 0 amide bonds. The molecule has 0 saturated heterocycles. The Hall–Kier alpha value is -1.91. The van der Waals surface area contributed by atoms with E-state index in [9.17, 15) is 4.79 Å². The molecule has 5 heteroatoms. The molecule has 0 atom stereocenters. The summed E-state index contributed by atoms with van der Waals surface area (Å²) in [6.45, 7) is 0. The molecule has 1 fully saturated rings. The van der Waals surface area contributed by atoms with Gasteiger partial charge in [-0.1, -0.05) is 0 Å². The first kappa shape index (κ1) is 8.40. The Labute approximate surface area is 85.4 Å². The van der Waals surface area contributed by atoms with E-state index in [0.29, 0.717) is 11.6 Å². The molecule has 1 aliphatic rings. The number of carboxylic acids is 1. The van der Waals surface area contributed by atoms with Crippen LogP contribution in [0.25, 0.3) is 5.65 Å². The molecule has 0 spiro atoms. The first-order valence-electron chi connectivity index (χ1n) is 4.84. The van der Waals surface area contributed by atoms with E-state index in [1.165, 1.54) is 4.52 Å². The number of rotatable bonds is 2. The Morgan fingerprint density at radius 1 is 1.53 bits per heavy atom. The van der Waals surface area contributed by atoms with E-state index in [1.807, 2.05) is 0 Å². The van der Waals surface area contributed by atoms with Gasteiger partial charge in [-0.2, -0.15) is 5.10 Å². The minimum Gasteiger partial charge on any atom is -0.478 e. The molecule has 1 saturated carbocycles. The van der Waals surface area contributed by atoms with Crippen molar-refractivity contribution in [1.29, 1.82) is 0 Å². The van der Waals surface area contributed by atoms with Crippen molar-refractivity contribution in [2.24, 2.45) is 0 Å². The fourth-order valence-electron chi connectivity index (χ4n) is 1.60.